The van der Waals surface area contributed by atoms with Crippen LogP contribution < -0.4 is 0 Å². The van der Waals surface area contributed by atoms with Crippen molar-refractivity contribution in [2.45, 2.75) is 0 Å². The van der Waals surface area contributed by atoms with Gasteiger partial charge in [-0.2, -0.15) is 0 Å². The van der Waals surface area contributed by atoms with Crippen LogP contribution in [0.15, 0.2) is 0 Å². The summed E-state index contributed by atoms with van der Waals surface area (Å²) in [4.78, 5) is 10.6. The molecule has 10 heavy (non-hydrogen) atoms. The summed E-state index contributed by atoms with van der Waals surface area (Å²) in [7, 11) is -3.23. The zero-order chi connectivity index (χ0) is 7.78. The van der Waals surface area contributed by atoms with Crippen LogP contribution in [0.4, 0.5) is 0 Å². The number of halogens is 1. The molecular formula is C4H6ClNO3S. The van der Waals surface area contributed by atoms with Crippen molar-refractivity contribution in [2.24, 2.45) is 0 Å². The number of hydrogen-bond acceptors (Lipinski definition) is 3. The van der Waals surface area contributed by atoms with Crippen LogP contribution in [0.3, 0.4) is 0 Å². The minimum absolute atomic E-state index is 0.0651. The highest BCUT2D eigenvalue weighted by Gasteiger charge is 2.35. The minimum Gasteiger partial charge on any atom is -0.272 e. The zero-order valence-electron chi connectivity index (χ0n) is 5.08. The van der Waals surface area contributed by atoms with E-state index in [1.54, 1.807) is 0 Å². The van der Waals surface area contributed by atoms with Crippen LogP contribution in [0, 0.1) is 0 Å². The van der Waals surface area contributed by atoms with Gasteiger partial charge in [0.15, 0.2) is 0 Å². The second-order valence-corrected chi connectivity index (χ2v) is 4.20. The standard InChI is InChI=1S/C4H6ClNO3S/c5-3-4(7)6-1-2-10(6,8)9/h1-3H2. The quantitative estimate of drug-likeness (QED) is 0.510. The first-order chi connectivity index (χ1) is 4.58. The molecule has 0 saturated carbocycles. The number of amides is 1. The summed E-state index contributed by atoms with van der Waals surface area (Å²) < 4.78 is 22.1. The maximum absolute atomic E-state index is 10.7. The summed E-state index contributed by atoms with van der Waals surface area (Å²) in [6.45, 7) is 0.286. The van der Waals surface area contributed by atoms with E-state index < -0.39 is 15.9 Å². The molecule has 1 aliphatic rings. The Kier molecular flexibility index (Phi) is 1.87. The Morgan fingerprint density at radius 1 is 1.60 bits per heavy atom. The molecule has 0 aromatic rings. The van der Waals surface area contributed by atoms with Crippen LogP contribution >= 0.6 is 11.6 Å². The van der Waals surface area contributed by atoms with E-state index in [9.17, 15) is 13.2 Å². The molecule has 0 radical (unpaired) electrons. The van der Waals surface area contributed by atoms with Crippen LogP contribution in [0.1, 0.15) is 0 Å². The second kappa shape index (κ2) is 2.39. The molecule has 0 aromatic carbocycles. The highest BCUT2D eigenvalue weighted by Crippen LogP contribution is 2.12. The van der Waals surface area contributed by atoms with Gasteiger partial charge in [-0.1, -0.05) is 0 Å². The number of hydrogen-bond donors (Lipinski definition) is 0. The maximum Gasteiger partial charge on any atom is 0.250 e. The summed E-state index contributed by atoms with van der Waals surface area (Å²) in [5.74, 6) is -0.734. The van der Waals surface area contributed by atoms with Crippen molar-refractivity contribution in [3.63, 3.8) is 0 Å². The van der Waals surface area contributed by atoms with Crippen LogP contribution in [0.5, 0.6) is 0 Å². The molecule has 1 rings (SSSR count). The summed E-state index contributed by atoms with van der Waals surface area (Å²) in [5, 5.41) is 0. The van der Waals surface area contributed by atoms with E-state index in [1.807, 2.05) is 0 Å². The monoisotopic (exact) mass is 183 g/mol. The van der Waals surface area contributed by atoms with Crippen LogP contribution in [-0.2, 0) is 14.8 Å². The molecule has 0 bridgehead atoms. The number of carbonyl (C=O) groups is 1. The van der Waals surface area contributed by atoms with Crippen molar-refractivity contribution in [3.05, 3.63) is 0 Å². The lowest BCUT2D eigenvalue weighted by Crippen LogP contribution is -2.51. The van der Waals surface area contributed by atoms with E-state index in [-0.39, 0.29) is 18.2 Å². The second-order valence-electron chi connectivity index (χ2n) is 1.92. The van der Waals surface area contributed by atoms with Crippen molar-refractivity contribution >= 4 is 27.5 Å². The lowest BCUT2D eigenvalue weighted by molar-refractivity contribution is -0.124. The fraction of sp³-hybridized carbons (Fsp3) is 0.750. The van der Waals surface area contributed by atoms with Crippen LogP contribution in [-0.4, -0.2) is 36.8 Å². The first-order valence-electron chi connectivity index (χ1n) is 2.67. The van der Waals surface area contributed by atoms with Crippen molar-refractivity contribution in [2.75, 3.05) is 18.2 Å². The van der Waals surface area contributed by atoms with Gasteiger partial charge in [0.2, 0.25) is 10.0 Å². The normalized spacial score (nSPS) is 21.9. The average molecular weight is 184 g/mol. The molecule has 1 heterocycles. The van der Waals surface area contributed by atoms with Crippen molar-refractivity contribution in [3.8, 4) is 0 Å². The smallest absolute Gasteiger partial charge is 0.250 e. The Morgan fingerprint density at radius 3 is 2.30 bits per heavy atom. The summed E-state index contributed by atoms with van der Waals surface area (Å²) in [6, 6.07) is 0. The number of rotatable bonds is 1. The van der Waals surface area contributed by atoms with Gasteiger partial charge in [0.25, 0.3) is 5.91 Å². The fourth-order valence-electron chi connectivity index (χ4n) is 0.678. The van der Waals surface area contributed by atoms with E-state index in [1.165, 1.54) is 0 Å². The Hall–Kier alpha value is -0.290. The van der Waals surface area contributed by atoms with Gasteiger partial charge < -0.3 is 0 Å². The van der Waals surface area contributed by atoms with Gasteiger partial charge in [0.1, 0.15) is 5.88 Å². The molecule has 1 amide bonds. The summed E-state index contributed by atoms with van der Waals surface area (Å²) in [5.41, 5.74) is 0. The predicted octanol–water partition coefficient (Wildman–Crippen LogP) is -0.603. The molecule has 1 saturated heterocycles. The van der Waals surface area contributed by atoms with Crippen molar-refractivity contribution in [1.82, 2.24) is 4.31 Å². The summed E-state index contributed by atoms with van der Waals surface area (Å²) >= 11 is 5.13. The van der Waals surface area contributed by atoms with Gasteiger partial charge in [0.05, 0.1) is 12.3 Å². The van der Waals surface area contributed by atoms with E-state index in [0.29, 0.717) is 0 Å². The Labute approximate surface area is 63.8 Å². The van der Waals surface area contributed by atoms with E-state index in [4.69, 9.17) is 11.6 Å². The summed E-state index contributed by atoms with van der Waals surface area (Å²) in [6.07, 6.45) is 0. The van der Waals surface area contributed by atoms with Gasteiger partial charge in [0, 0.05) is 0 Å². The van der Waals surface area contributed by atoms with Gasteiger partial charge in [-0.05, 0) is 0 Å². The lowest BCUT2D eigenvalue weighted by atomic mass is 10.6. The molecule has 0 aliphatic carbocycles. The van der Waals surface area contributed by atoms with Crippen LogP contribution in [0.25, 0.3) is 0 Å². The van der Waals surface area contributed by atoms with E-state index in [2.05, 4.69) is 0 Å². The predicted molar refractivity (Wildman–Crippen MR) is 36.2 cm³/mol. The minimum atomic E-state index is -3.23. The largest absolute Gasteiger partial charge is 0.272 e. The molecule has 0 spiro atoms. The lowest BCUT2D eigenvalue weighted by Gasteiger charge is -2.29. The highest BCUT2D eigenvalue weighted by atomic mass is 35.5. The van der Waals surface area contributed by atoms with Gasteiger partial charge in [-0.15, -0.1) is 11.6 Å². The molecule has 0 unspecified atom stereocenters. The number of nitrogens with zero attached hydrogens (tertiary/aromatic N) is 1. The molecular weight excluding hydrogens is 178 g/mol. The molecule has 0 atom stereocenters. The third kappa shape index (κ3) is 1.11. The Balaban J connectivity index is 2.69. The molecule has 6 heteroatoms. The van der Waals surface area contributed by atoms with Gasteiger partial charge >= 0.3 is 0 Å². The van der Waals surface area contributed by atoms with Crippen molar-refractivity contribution < 1.29 is 13.2 Å². The van der Waals surface area contributed by atoms with E-state index >= 15 is 0 Å². The molecule has 1 fully saturated rings. The van der Waals surface area contributed by atoms with Gasteiger partial charge in [-0.25, -0.2) is 12.7 Å². The molecule has 0 N–H and O–H groups in total. The molecule has 1 aliphatic heterocycles. The number of alkyl halides is 1. The highest BCUT2D eigenvalue weighted by molar-refractivity contribution is 7.90. The Bertz CT molecular complexity index is 247. The van der Waals surface area contributed by atoms with E-state index in [0.717, 1.165) is 4.31 Å². The zero-order valence-corrected chi connectivity index (χ0v) is 6.65. The Morgan fingerprint density at radius 2 is 2.20 bits per heavy atom. The molecule has 58 valence electrons. The third-order valence-electron chi connectivity index (χ3n) is 1.28. The topological polar surface area (TPSA) is 54.5 Å². The number of sulfonamides is 1. The number of carbonyl (C=O) groups excluding carboxylic acids is 1. The maximum atomic E-state index is 10.7. The fourth-order valence-corrected chi connectivity index (χ4v) is 1.93. The molecule has 0 aromatic heterocycles. The third-order valence-corrected chi connectivity index (χ3v) is 3.27. The SMILES string of the molecule is O=C(CCl)N1CCS1(=O)=O. The van der Waals surface area contributed by atoms with Crippen molar-refractivity contribution in [1.29, 1.82) is 0 Å². The van der Waals surface area contributed by atoms with Crippen LogP contribution in [0.2, 0.25) is 0 Å². The molecule has 4 nitrogen and oxygen atoms in total. The average Bonchev–Trinajstić information content (AvgIpc) is 1.86. The first kappa shape index (κ1) is 7.81. The first-order valence-corrected chi connectivity index (χ1v) is 4.81. The van der Waals surface area contributed by atoms with Gasteiger partial charge in [-0.3, -0.25) is 4.79 Å².